The highest BCUT2D eigenvalue weighted by atomic mass is 19.1. The average molecular weight is 269 g/mol. The molecule has 1 aromatic carbocycles. The molecule has 3 nitrogen and oxygen atoms in total. The molecule has 0 aliphatic carbocycles. The lowest BCUT2D eigenvalue weighted by Crippen LogP contribution is -3.14. The first-order valence-corrected chi connectivity index (χ1v) is 6.63. The summed E-state index contributed by atoms with van der Waals surface area (Å²) in [7, 11) is 0. The maximum absolute atomic E-state index is 13.4. The standard InChI is InChI=1S/C14H18F2N2O/c1-10-3-2-6-18(8-10)9-14(19)17-13-7-11(15)4-5-12(13)16/h4-5,7,10H,2-3,6,8-9H2,1H3,(H,17,19)/p+1/t10-/m1/s1. The van der Waals surface area contributed by atoms with E-state index >= 15 is 0 Å². The van der Waals surface area contributed by atoms with E-state index in [1.807, 2.05) is 0 Å². The fourth-order valence-electron chi connectivity index (χ4n) is 2.57. The zero-order chi connectivity index (χ0) is 13.8. The fraction of sp³-hybridized carbons (Fsp3) is 0.500. The van der Waals surface area contributed by atoms with Gasteiger partial charge < -0.3 is 10.2 Å². The molecule has 1 saturated heterocycles. The van der Waals surface area contributed by atoms with Gasteiger partial charge in [0.25, 0.3) is 5.91 Å². The number of likely N-dealkylation sites (tertiary alicyclic amines) is 1. The van der Waals surface area contributed by atoms with Gasteiger partial charge in [0.1, 0.15) is 11.6 Å². The zero-order valence-corrected chi connectivity index (χ0v) is 11.0. The van der Waals surface area contributed by atoms with E-state index in [2.05, 4.69) is 12.2 Å². The highest BCUT2D eigenvalue weighted by molar-refractivity contribution is 5.91. The minimum absolute atomic E-state index is 0.0885. The Morgan fingerprint density at radius 1 is 1.47 bits per heavy atom. The SMILES string of the molecule is C[C@@H]1CCC[NH+](CC(=O)Nc2cc(F)ccc2F)C1. The van der Waals surface area contributed by atoms with Gasteiger partial charge in [-0.05, 0) is 25.0 Å². The second-order valence-corrected chi connectivity index (χ2v) is 5.30. The Hall–Kier alpha value is -1.49. The maximum Gasteiger partial charge on any atom is 0.279 e. The second kappa shape index (κ2) is 6.10. The summed E-state index contributed by atoms with van der Waals surface area (Å²) in [5.74, 6) is -0.830. The van der Waals surface area contributed by atoms with Crippen molar-refractivity contribution in [2.45, 2.75) is 19.8 Å². The number of carbonyl (C=O) groups is 1. The van der Waals surface area contributed by atoms with Gasteiger partial charge in [0, 0.05) is 12.0 Å². The molecule has 1 aliphatic heterocycles. The predicted molar refractivity (Wildman–Crippen MR) is 68.9 cm³/mol. The van der Waals surface area contributed by atoms with Crippen LogP contribution in [0.25, 0.3) is 0 Å². The van der Waals surface area contributed by atoms with E-state index in [1.165, 1.54) is 11.3 Å². The highest BCUT2D eigenvalue weighted by Crippen LogP contribution is 2.14. The molecule has 1 fully saturated rings. The number of carbonyl (C=O) groups excluding carboxylic acids is 1. The molecule has 2 N–H and O–H groups in total. The van der Waals surface area contributed by atoms with Crippen LogP contribution in [-0.2, 0) is 4.79 Å². The minimum atomic E-state index is -0.614. The van der Waals surface area contributed by atoms with Crippen molar-refractivity contribution in [1.82, 2.24) is 0 Å². The summed E-state index contributed by atoms with van der Waals surface area (Å²) < 4.78 is 26.4. The average Bonchev–Trinajstić information content (AvgIpc) is 2.34. The number of piperidine rings is 1. The van der Waals surface area contributed by atoms with E-state index < -0.39 is 11.6 Å². The van der Waals surface area contributed by atoms with Gasteiger partial charge in [0.15, 0.2) is 6.54 Å². The lowest BCUT2D eigenvalue weighted by atomic mass is 10.0. The van der Waals surface area contributed by atoms with Crippen molar-refractivity contribution < 1.29 is 18.5 Å². The number of benzene rings is 1. The van der Waals surface area contributed by atoms with Crippen molar-refractivity contribution in [2.75, 3.05) is 25.0 Å². The first-order chi connectivity index (χ1) is 9.04. The van der Waals surface area contributed by atoms with Crippen LogP contribution in [0.2, 0.25) is 0 Å². The van der Waals surface area contributed by atoms with Crippen molar-refractivity contribution in [3.8, 4) is 0 Å². The summed E-state index contributed by atoms with van der Waals surface area (Å²) in [5, 5.41) is 2.44. The third kappa shape index (κ3) is 3.99. The monoisotopic (exact) mass is 269 g/mol. The summed E-state index contributed by atoms with van der Waals surface area (Å²) >= 11 is 0. The van der Waals surface area contributed by atoms with Crippen molar-refractivity contribution in [1.29, 1.82) is 0 Å². The van der Waals surface area contributed by atoms with Crippen LogP contribution < -0.4 is 10.2 Å². The number of hydrogen-bond acceptors (Lipinski definition) is 1. The molecule has 19 heavy (non-hydrogen) atoms. The van der Waals surface area contributed by atoms with Crippen LogP contribution >= 0.6 is 0 Å². The van der Waals surface area contributed by atoms with Gasteiger partial charge in [-0.25, -0.2) is 8.78 Å². The van der Waals surface area contributed by atoms with Gasteiger partial charge in [-0.3, -0.25) is 4.79 Å². The molecule has 0 radical (unpaired) electrons. The Kier molecular flexibility index (Phi) is 4.47. The Bertz CT molecular complexity index is 465. The molecular weight excluding hydrogens is 250 g/mol. The van der Waals surface area contributed by atoms with Gasteiger partial charge in [-0.1, -0.05) is 6.92 Å². The number of nitrogens with one attached hydrogen (secondary N) is 2. The predicted octanol–water partition coefficient (Wildman–Crippen LogP) is 1.22. The summed E-state index contributed by atoms with van der Waals surface area (Å²) in [6.07, 6.45) is 2.31. The van der Waals surface area contributed by atoms with Gasteiger partial charge in [0.2, 0.25) is 0 Å². The molecule has 1 aliphatic rings. The van der Waals surface area contributed by atoms with Crippen LogP contribution in [0.15, 0.2) is 18.2 Å². The molecule has 0 aromatic heterocycles. The topological polar surface area (TPSA) is 33.5 Å². The third-order valence-electron chi connectivity index (χ3n) is 3.48. The molecule has 1 amide bonds. The van der Waals surface area contributed by atoms with Crippen molar-refractivity contribution in [3.63, 3.8) is 0 Å². The number of quaternary nitrogens is 1. The van der Waals surface area contributed by atoms with Gasteiger partial charge in [-0.15, -0.1) is 0 Å². The normalized spacial score (nSPS) is 23.1. The van der Waals surface area contributed by atoms with Crippen molar-refractivity contribution in [2.24, 2.45) is 5.92 Å². The van der Waals surface area contributed by atoms with Crippen LogP contribution in [0.4, 0.5) is 14.5 Å². The number of rotatable bonds is 3. The fourth-order valence-corrected chi connectivity index (χ4v) is 2.57. The number of hydrogen-bond donors (Lipinski definition) is 2. The maximum atomic E-state index is 13.4. The lowest BCUT2D eigenvalue weighted by molar-refractivity contribution is -0.900. The Morgan fingerprint density at radius 2 is 2.26 bits per heavy atom. The molecule has 2 rings (SSSR count). The van der Waals surface area contributed by atoms with E-state index in [1.54, 1.807) is 0 Å². The van der Waals surface area contributed by atoms with E-state index in [-0.39, 0.29) is 11.6 Å². The lowest BCUT2D eigenvalue weighted by Gasteiger charge is -2.27. The molecule has 104 valence electrons. The highest BCUT2D eigenvalue weighted by Gasteiger charge is 2.22. The molecule has 5 heteroatoms. The minimum Gasteiger partial charge on any atom is -0.327 e. The summed E-state index contributed by atoms with van der Waals surface area (Å²) in [6, 6.07) is 3.05. The molecule has 2 atom stereocenters. The van der Waals surface area contributed by atoms with Gasteiger partial charge >= 0.3 is 0 Å². The first-order valence-electron chi connectivity index (χ1n) is 6.63. The Labute approximate surface area is 111 Å². The first kappa shape index (κ1) is 13.9. The number of anilines is 1. The summed E-state index contributed by atoms with van der Waals surface area (Å²) in [4.78, 5) is 13.0. The molecule has 0 spiro atoms. The largest absolute Gasteiger partial charge is 0.327 e. The smallest absolute Gasteiger partial charge is 0.279 e. The molecule has 1 aromatic rings. The number of halogens is 2. The van der Waals surface area contributed by atoms with Crippen LogP contribution in [0.1, 0.15) is 19.8 Å². The van der Waals surface area contributed by atoms with Crippen LogP contribution in [0, 0.1) is 17.6 Å². The quantitative estimate of drug-likeness (QED) is 0.850. The van der Waals surface area contributed by atoms with Crippen LogP contribution in [-0.4, -0.2) is 25.5 Å². The number of amides is 1. The second-order valence-electron chi connectivity index (χ2n) is 5.30. The summed E-state index contributed by atoms with van der Waals surface area (Å²) in [5.41, 5.74) is -0.0885. The van der Waals surface area contributed by atoms with Crippen LogP contribution in [0.3, 0.4) is 0 Å². The molecule has 1 heterocycles. The van der Waals surface area contributed by atoms with E-state index in [0.717, 1.165) is 37.7 Å². The van der Waals surface area contributed by atoms with Gasteiger partial charge in [0.05, 0.1) is 18.8 Å². The molecule has 1 unspecified atom stereocenters. The molecule has 0 bridgehead atoms. The Morgan fingerprint density at radius 3 is 3.00 bits per heavy atom. The van der Waals surface area contributed by atoms with Crippen LogP contribution in [0.5, 0.6) is 0 Å². The molecular formula is C14H19F2N2O+. The van der Waals surface area contributed by atoms with Gasteiger partial charge in [-0.2, -0.15) is 0 Å². The van der Waals surface area contributed by atoms with E-state index in [0.29, 0.717) is 12.5 Å². The van der Waals surface area contributed by atoms with Crippen molar-refractivity contribution >= 4 is 11.6 Å². The molecule has 0 saturated carbocycles. The third-order valence-corrected chi connectivity index (χ3v) is 3.48. The van der Waals surface area contributed by atoms with Crippen molar-refractivity contribution in [3.05, 3.63) is 29.8 Å². The summed E-state index contributed by atoms with van der Waals surface area (Å²) in [6.45, 7) is 4.39. The van der Waals surface area contributed by atoms with E-state index in [4.69, 9.17) is 0 Å². The van der Waals surface area contributed by atoms with E-state index in [9.17, 15) is 13.6 Å². The zero-order valence-electron chi connectivity index (χ0n) is 11.0. The Balaban J connectivity index is 1.92.